The fraction of sp³-hybridized carbons (Fsp3) is 0.333. The van der Waals surface area contributed by atoms with E-state index in [1.165, 1.54) is 18.2 Å². The minimum atomic E-state index is -0.355. The van der Waals surface area contributed by atoms with Crippen LogP contribution < -0.4 is 10.6 Å². The van der Waals surface area contributed by atoms with Crippen molar-refractivity contribution in [3.63, 3.8) is 0 Å². The molecule has 5 nitrogen and oxygen atoms in total. The summed E-state index contributed by atoms with van der Waals surface area (Å²) in [7, 11) is 0. The monoisotopic (exact) mass is 432 g/mol. The third-order valence-corrected chi connectivity index (χ3v) is 4.69. The van der Waals surface area contributed by atoms with Crippen molar-refractivity contribution < 1.29 is 23.1 Å². The average molecular weight is 433 g/mol. The fourth-order valence-corrected chi connectivity index (χ4v) is 2.75. The summed E-state index contributed by atoms with van der Waals surface area (Å²) in [6, 6.07) is 0. The third kappa shape index (κ3) is 9.42. The number of hydrogen-bond acceptors (Lipinski definition) is 3. The van der Waals surface area contributed by atoms with Gasteiger partial charge in [0.15, 0.2) is 6.61 Å². The Hall–Kier alpha value is -3.22. The average Bonchev–Trinajstić information content (AvgIpc) is 2.77. The highest BCUT2D eigenvalue weighted by Gasteiger charge is 2.32. The summed E-state index contributed by atoms with van der Waals surface area (Å²) in [4.78, 5) is 24.3. The molecule has 0 aromatic rings. The Morgan fingerprint density at radius 2 is 2.03 bits per heavy atom. The van der Waals surface area contributed by atoms with Crippen LogP contribution in [-0.4, -0.2) is 25.0 Å². The molecule has 0 fully saturated rings. The zero-order valence-corrected chi connectivity index (χ0v) is 18.0. The molecule has 0 aromatic heterocycles. The van der Waals surface area contributed by atoms with Gasteiger partial charge in [-0.05, 0) is 55.6 Å². The van der Waals surface area contributed by atoms with Crippen LogP contribution in [0.3, 0.4) is 0 Å². The molecule has 0 saturated heterocycles. The van der Waals surface area contributed by atoms with Gasteiger partial charge in [0.1, 0.15) is 5.76 Å². The molecule has 2 amide bonds. The fourth-order valence-electron chi connectivity index (χ4n) is 2.75. The molecule has 1 aliphatic carbocycles. The summed E-state index contributed by atoms with van der Waals surface area (Å²) in [5.74, 6) is -0.475. The number of hydrogen-bond donors (Lipinski definition) is 2. The van der Waals surface area contributed by atoms with E-state index >= 15 is 0 Å². The van der Waals surface area contributed by atoms with Crippen molar-refractivity contribution in [1.29, 1.82) is 0 Å². The highest BCUT2D eigenvalue weighted by atomic mass is 19.1. The largest absolute Gasteiger partial charge is 0.484 e. The molecule has 0 heterocycles. The molecule has 1 rings (SSSR count). The number of allylic oxidation sites excluding steroid dienone is 8. The molecule has 31 heavy (non-hydrogen) atoms. The van der Waals surface area contributed by atoms with E-state index in [1.807, 2.05) is 0 Å². The summed E-state index contributed by atoms with van der Waals surface area (Å²) in [6.07, 6.45) is 10.3. The zero-order chi connectivity index (χ0) is 23.2. The van der Waals surface area contributed by atoms with E-state index in [1.54, 1.807) is 26.0 Å². The van der Waals surface area contributed by atoms with Crippen LogP contribution in [0.4, 0.5) is 8.78 Å². The van der Waals surface area contributed by atoms with Crippen LogP contribution in [0.1, 0.15) is 33.1 Å². The molecule has 1 aliphatic rings. The first kappa shape index (κ1) is 25.8. The molecular formula is C24H30F2N2O3. The van der Waals surface area contributed by atoms with Crippen LogP contribution in [0.15, 0.2) is 84.4 Å². The maximum absolute atomic E-state index is 12.3. The molecule has 2 N–H and O–H groups in total. The predicted molar refractivity (Wildman–Crippen MR) is 119 cm³/mol. The van der Waals surface area contributed by atoms with Gasteiger partial charge in [0.25, 0.3) is 5.91 Å². The van der Waals surface area contributed by atoms with E-state index in [-0.39, 0.29) is 30.1 Å². The van der Waals surface area contributed by atoms with E-state index < -0.39 is 0 Å². The van der Waals surface area contributed by atoms with Gasteiger partial charge >= 0.3 is 0 Å². The van der Waals surface area contributed by atoms with E-state index in [2.05, 4.69) is 23.8 Å². The SMILES string of the molecule is C=C/C(=C\C=C\F)CCCNC(=O)[C@H]1CC(NC(=O)COC(=C)/C=C\C(C)=C\F)=C1C. The van der Waals surface area contributed by atoms with Crippen LogP contribution in [0.5, 0.6) is 0 Å². The first-order valence-electron chi connectivity index (χ1n) is 9.94. The molecule has 1 atom stereocenters. The molecule has 0 saturated carbocycles. The summed E-state index contributed by atoms with van der Waals surface area (Å²) < 4.78 is 29.5. The van der Waals surface area contributed by atoms with Gasteiger partial charge in [-0.25, -0.2) is 8.78 Å². The van der Waals surface area contributed by atoms with Gasteiger partial charge in [0, 0.05) is 18.7 Å². The standard InChI is InChI=1S/C24H30F2N2O3/c1-5-20(8-6-12-25)9-7-13-27-24(30)21-14-22(19(21)4)28-23(29)16-31-18(3)11-10-17(2)15-26/h5-6,8,10-12,15,21H,1,3,7,9,13-14,16H2,2,4H3,(H,27,30)(H,28,29)/b11-10-,12-6+,17-15+,20-8+/t21-/m0/s1. The summed E-state index contributed by atoms with van der Waals surface area (Å²) >= 11 is 0. The molecule has 0 unspecified atom stereocenters. The van der Waals surface area contributed by atoms with Crippen molar-refractivity contribution in [2.45, 2.75) is 33.1 Å². The molecule has 0 aromatic carbocycles. The highest BCUT2D eigenvalue weighted by molar-refractivity contribution is 5.86. The van der Waals surface area contributed by atoms with Gasteiger partial charge in [-0.15, -0.1) is 0 Å². The quantitative estimate of drug-likeness (QED) is 0.248. The second-order valence-corrected chi connectivity index (χ2v) is 7.07. The maximum Gasteiger partial charge on any atom is 0.262 e. The van der Waals surface area contributed by atoms with Crippen molar-refractivity contribution in [2.75, 3.05) is 13.2 Å². The van der Waals surface area contributed by atoms with Crippen molar-refractivity contribution in [3.8, 4) is 0 Å². The molecule has 0 spiro atoms. The molecule has 7 heteroatoms. The predicted octanol–water partition coefficient (Wildman–Crippen LogP) is 4.85. The van der Waals surface area contributed by atoms with E-state index in [4.69, 9.17) is 4.74 Å². The lowest BCUT2D eigenvalue weighted by atomic mass is 9.81. The van der Waals surface area contributed by atoms with Crippen LogP contribution >= 0.6 is 0 Å². The normalized spacial score (nSPS) is 17.0. The highest BCUT2D eigenvalue weighted by Crippen LogP contribution is 2.32. The second-order valence-electron chi connectivity index (χ2n) is 7.07. The Morgan fingerprint density at radius 1 is 1.29 bits per heavy atom. The van der Waals surface area contributed by atoms with E-state index in [0.29, 0.717) is 49.7 Å². The Labute approximate surface area is 182 Å². The number of amides is 2. The Bertz CT molecular complexity index is 836. The molecule has 0 aliphatic heterocycles. The molecular weight excluding hydrogens is 402 g/mol. The first-order chi connectivity index (χ1) is 14.8. The summed E-state index contributed by atoms with van der Waals surface area (Å²) in [6.45, 7) is 11.0. The minimum Gasteiger partial charge on any atom is -0.484 e. The maximum atomic E-state index is 12.3. The van der Waals surface area contributed by atoms with Crippen molar-refractivity contribution in [3.05, 3.63) is 84.4 Å². The van der Waals surface area contributed by atoms with Gasteiger partial charge in [-0.3, -0.25) is 9.59 Å². The summed E-state index contributed by atoms with van der Waals surface area (Å²) in [5, 5.41) is 5.61. The lowest BCUT2D eigenvalue weighted by Gasteiger charge is -2.30. The van der Waals surface area contributed by atoms with Crippen molar-refractivity contribution >= 4 is 11.8 Å². The van der Waals surface area contributed by atoms with Crippen LogP contribution in [0, 0.1) is 5.92 Å². The lowest BCUT2D eigenvalue weighted by molar-refractivity contribution is -0.126. The third-order valence-electron chi connectivity index (χ3n) is 4.69. The molecule has 168 valence electrons. The van der Waals surface area contributed by atoms with Crippen LogP contribution in [0.2, 0.25) is 0 Å². The Morgan fingerprint density at radius 3 is 2.65 bits per heavy atom. The number of carbonyl (C=O) groups excluding carboxylic acids is 2. The summed E-state index contributed by atoms with van der Waals surface area (Å²) in [5.41, 5.74) is 2.82. The van der Waals surface area contributed by atoms with Crippen molar-refractivity contribution in [2.24, 2.45) is 5.92 Å². The van der Waals surface area contributed by atoms with Gasteiger partial charge in [-0.2, -0.15) is 0 Å². The number of nitrogens with one attached hydrogen (secondary N) is 2. The second kappa shape index (κ2) is 13.9. The number of halogens is 2. The Kier molecular flexibility index (Phi) is 11.6. The van der Waals surface area contributed by atoms with Gasteiger partial charge in [0.05, 0.1) is 18.6 Å². The number of rotatable bonds is 13. The van der Waals surface area contributed by atoms with Gasteiger partial charge in [-0.1, -0.05) is 31.4 Å². The Balaban J connectivity index is 2.36. The molecule has 0 bridgehead atoms. The zero-order valence-electron chi connectivity index (χ0n) is 18.0. The smallest absolute Gasteiger partial charge is 0.262 e. The molecule has 0 radical (unpaired) electrons. The van der Waals surface area contributed by atoms with Gasteiger partial charge < -0.3 is 15.4 Å². The minimum absolute atomic E-state index is 0.0886. The number of carbonyl (C=O) groups is 2. The van der Waals surface area contributed by atoms with E-state index in [0.717, 1.165) is 11.1 Å². The van der Waals surface area contributed by atoms with E-state index in [9.17, 15) is 18.4 Å². The topological polar surface area (TPSA) is 67.4 Å². The van der Waals surface area contributed by atoms with Crippen LogP contribution in [-0.2, 0) is 14.3 Å². The number of ether oxygens (including phenoxy) is 1. The lowest BCUT2D eigenvalue weighted by Crippen LogP contribution is -2.41. The van der Waals surface area contributed by atoms with Crippen LogP contribution in [0.25, 0.3) is 0 Å². The van der Waals surface area contributed by atoms with Gasteiger partial charge in [0.2, 0.25) is 5.91 Å². The van der Waals surface area contributed by atoms with Crippen molar-refractivity contribution in [1.82, 2.24) is 10.6 Å². The first-order valence-corrected chi connectivity index (χ1v) is 9.94.